The van der Waals surface area contributed by atoms with Crippen molar-refractivity contribution < 1.29 is 27.9 Å². The van der Waals surface area contributed by atoms with Crippen molar-refractivity contribution in [2.24, 2.45) is 0 Å². The molecule has 0 aliphatic carbocycles. The standard InChI is InChI=1S/C13H23FN2O4/c1-11(2)12(17)19-10-8-16(3,4)7-6-15-13(18)20-9-5-14/h1,5-10H2,2-4H3/p+1. The number of alkyl halides is 1. The molecule has 0 rings (SSSR count). The highest BCUT2D eigenvalue weighted by atomic mass is 19.1. The summed E-state index contributed by atoms with van der Waals surface area (Å²) in [5, 5.41) is 2.53. The van der Waals surface area contributed by atoms with E-state index in [1.807, 2.05) is 14.1 Å². The van der Waals surface area contributed by atoms with Crippen LogP contribution in [0.5, 0.6) is 0 Å². The minimum atomic E-state index is -0.691. The van der Waals surface area contributed by atoms with Crippen LogP contribution in [0.3, 0.4) is 0 Å². The highest BCUT2D eigenvalue weighted by Crippen LogP contribution is 1.98. The zero-order valence-electron chi connectivity index (χ0n) is 12.4. The number of likely N-dealkylation sites (N-methyl/N-ethyl adjacent to an activating group) is 1. The zero-order chi connectivity index (χ0) is 15.6. The molecule has 1 N–H and O–H groups in total. The van der Waals surface area contributed by atoms with Crippen LogP contribution in [0.4, 0.5) is 9.18 Å². The number of rotatable bonds is 9. The molecule has 0 aliphatic heterocycles. The molecule has 116 valence electrons. The van der Waals surface area contributed by atoms with E-state index < -0.39 is 18.7 Å². The number of quaternary nitrogens is 1. The topological polar surface area (TPSA) is 64.6 Å². The number of alkyl carbamates (subject to hydrolysis) is 1. The number of hydrogen-bond donors (Lipinski definition) is 1. The van der Waals surface area contributed by atoms with Gasteiger partial charge in [0.25, 0.3) is 0 Å². The van der Waals surface area contributed by atoms with Gasteiger partial charge in [0.1, 0.15) is 26.4 Å². The molecule has 0 bridgehead atoms. The highest BCUT2D eigenvalue weighted by molar-refractivity contribution is 5.86. The second-order valence-corrected chi connectivity index (χ2v) is 5.05. The van der Waals surface area contributed by atoms with Crippen LogP contribution in [0.2, 0.25) is 0 Å². The maximum atomic E-state index is 11.8. The largest absolute Gasteiger partial charge is 0.456 e. The number of nitrogens with one attached hydrogen (secondary N) is 1. The van der Waals surface area contributed by atoms with Gasteiger partial charge in [-0.2, -0.15) is 0 Å². The molecule has 7 heteroatoms. The van der Waals surface area contributed by atoms with Gasteiger partial charge in [-0.3, -0.25) is 0 Å². The molecular formula is C13H24FN2O4+. The average Bonchev–Trinajstić information content (AvgIpc) is 2.35. The van der Waals surface area contributed by atoms with Gasteiger partial charge >= 0.3 is 12.1 Å². The highest BCUT2D eigenvalue weighted by Gasteiger charge is 2.16. The third-order valence-electron chi connectivity index (χ3n) is 2.58. The molecule has 0 saturated heterocycles. The van der Waals surface area contributed by atoms with E-state index in [0.717, 1.165) is 0 Å². The van der Waals surface area contributed by atoms with Gasteiger partial charge in [0, 0.05) is 5.57 Å². The number of carbonyl (C=O) groups is 2. The van der Waals surface area contributed by atoms with Gasteiger partial charge in [-0.05, 0) is 6.92 Å². The predicted octanol–water partition coefficient (Wildman–Crippen LogP) is 0.878. The SMILES string of the molecule is C=C(C)C(=O)OCC[N+](C)(C)CCNC(=O)OCCF. The third kappa shape index (κ3) is 9.32. The number of hydrogen-bond acceptors (Lipinski definition) is 4. The second-order valence-electron chi connectivity index (χ2n) is 5.05. The molecule has 0 unspecified atom stereocenters. The third-order valence-corrected chi connectivity index (χ3v) is 2.58. The summed E-state index contributed by atoms with van der Waals surface area (Å²) in [5.74, 6) is -0.405. The molecule has 0 spiro atoms. The van der Waals surface area contributed by atoms with Crippen LogP contribution in [0, 0.1) is 0 Å². The lowest BCUT2D eigenvalue weighted by molar-refractivity contribution is -0.889. The molecule has 0 fully saturated rings. The Morgan fingerprint density at radius 2 is 1.85 bits per heavy atom. The Morgan fingerprint density at radius 1 is 1.20 bits per heavy atom. The molecule has 0 atom stereocenters. The average molecular weight is 291 g/mol. The van der Waals surface area contributed by atoms with Crippen LogP contribution in [0.1, 0.15) is 6.92 Å². The first-order valence-corrected chi connectivity index (χ1v) is 6.40. The van der Waals surface area contributed by atoms with Crippen LogP contribution < -0.4 is 5.32 Å². The summed E-state index contributed by atoms with van der Waals surface area (Å²) in [6.45, 7) is 6.09. The molecule has 0 aromatic rings. The molecule has 0 aromatic carbocycles. The van der Waals surface area contributed by atoms with E-state index in [0.29, 0.717) is 29.7 Å². The van der Waals surface area contributed by atoms with E-state index >= 15 is 0 Å². The fraction of sp³-hybridized carbons (Fsp3) is 0.692. The minimum Gasteiger partial charge on any atom is -0.456 e. The summed E-state index contributed by atoms with van der Waals surface area (Å²) in [6.07, 6.45) is -0.628. The fourth-order valence-corrected chi connectivity index (χ4v) is 1.26. The van der Waals surface area contributed by atoms with Crippen molar-refractivity contribution in [3.63, 3.8) is 0 Å². The maximum absolute atomic E-state index is 11.8. The molecule has 20 heavy (non-hydrogen) atoms. The summed E-state index contributed by atoms with van der Waals surface area (Å²) >= 11 is 0. The fourth-order valence-electron chi connectivity index (χ4n) is 1.26. The molecule has 0 heterocycles. The van der Waals surface area contributed by atoms with Crippen molar-refractivity contribution in [1.82, 2.24) is 5.32 Å². The lowest BCUT2D eigenvalue weighted by Gasteiger charge is -2.29. The van der Waals surface area contributed by atoms with Gasteiger partial charge in [0.2, 0.25) is 0 Å². The first kappa shape index (κ1) is 18.4. The van der Waals surface area contributed by atoms with E-state index in [1.54, 1.807) is 6.92 Å². The monoisotopic (exact) mass is 291 g/mol. The van der Waals surface area contributed by atoms with E-state index in [1.165, 1.54) is 0 Å². The summed E-state index contributed by atoms with van der Waals surface area (Å²) in [7, 11) is 3.90. The predicted molar refractivity (Wildman–Crippen MR) is 72.9 cm³/mol. The molecule has 0 aliphatic rings. The van der Waals surface area contributed by atoms with Crippen molar-refractivity contribution >= 4 is 12.1 Å². The van der Waals surface area contributed by atoms with Gasteiger partial charge in [-0.15, -0.1) is 0 Å². The molecule has 0 saturated carbocycles. The number of amides is 1. The van der Waals surface area contributed by atoms with Crippen molar-refractivity contribution in [1.29, 1.82) is 0 Å². The van der Waals surface area contributed by atoms with Crippen molar-refractivity contribution in [3.8, 4) is 0 Å². The first-order chi connectivity index (χ1) is 9.28. The van der Waals surface area contributed by atoms with Gasteiger partial charge < -0.3 is 19.3 Å². The van der Waals surface area contributed by atoms with E-state index in [9.17, 15) is 14.0 Å². The Balaban J connectivity index is 3.81. The van der Waals surface area contributed by atoms with Gasteiger partial charge in [-0.1, -0.05) is 6.58 Å². The Labute approximate surface area is 119 Å². The smallest absolute Gasteiger partial charge is 0.407 e. The minimum absolute atomic E-state index is 0.235. The molecule has 0 aromatic heterocycles. The van der Waals surface area contributed by atoms with E-state index in [-0.39, 0.29) is 13.2 Å². The summed E-state index contributed by atoms with van der Waals surface area (Å²) in [5.41, 5.74) is 0.368. The van der Waals surface area contributed by atoms with Crippen molar-refractivity contribution in [2.75, 3.05) is 53.6 Å². The molecule has 1 amide bonds. The van der Waals surface area contributed by atoms with Gasteiger partial charge in [0.05, 0.1) is 27.2 Å². The Kier molecular flexibility index (Phi) is 8.54. The van der Waals surface area contributed by atoms with E-state index in [2.05, 4.69) is 16.6 Å². The Bertz CT molecular complexity index is 345. The van der Waals surface area contributed by atoms with Crippen LogP contribution in [0.25, 0.3) is 0 Å². The molecule has 0 radical (unpaired) electrons. The van der Waals surface area contributed by atoms with Crippen LogP contribution >= 0.6 is 0 Å². The van der Waals surface area contributed by atoms with E-state index in [4.69, 9.17) is 4.74 Å². The number of halogens is 1. The summed E-state index contributed by atoms with van der Waals surface area (Å²) in [4.78, 5) is 22.3. The quantitative estimate of drug-likeness (QED) is 0.389. The van der Waals surface area contributed by atoms with Crippen LogP contribution in [-0.2, 0) is 14.3 Å². The van der Waals surface area contributed by atoms with Crippen molar-refractivity contribution in [3.05, 3.63) is 12.2 Å². The Hall–Kier alpha value is -1.63. The lowest BCUT2D eigenvalue weighted by atomic mass is 10.4. The molecule has 6 nitrogen and oxygen atoms in total. The second kappa shape index (κ2) is 9.30. The zero-order valence-corrected chi connectivity index (χ0v) is 12.4. The maximum Gasteiger partial charge on any atom is 0.407 e. The number of carbonyl (C=O) groups excluding carboxylic acids is 2. The number of ether oxygens (including phenoxy) is 2. The van der Waals surface area contributed by atoms with Crippen LogP contribution in [0.15, 0.2) is 12.2 Å². The van der Waals surface area contributed by atoms with Gasteiger partial charge in [0.15, 0.2) is 0 Å². The van der Waals surface area contributed by atoms with Crippen molar-refractivity contribution in [2.45, 2.75) is 6.92 Å². The number of nitrogens with zero attached hydrogens (tertiary/aromatic N) is 1. The first-order valence-electron chi connectivity index (χ1n) is 6.40. The Morgan fingerprint density at radius 3 is 2.40 bits per heavy atom. The van der Waals surface area contributed by atoms with Gasteiger partial charge in [-0.25, -0.2) is 14.0 Å². The van der Waals surface area contributed by atoms with Crippen LogP contribution in [-0.4, -0.2) is 70.2 Å². The summed E-state index contributed by atoms with van der Waals surface area (Å²) in [6, 6.07) is 0. The molecular weight excluding hydrogens is 267 g/mol. The normalized spacial score (nSPS) is 10.8. The summed E-state index contributed by atoms with van der Waals surface area (Å²) < 4.78 is 21.9. The number of esters is 1. The lowest BCUT2D eigenvalue weighted by Crippen LogP contribution is -2.47.